The van der Waals surface area contributed by atoms with Gasteiger partial charge in [-0.2, -0.15) is 0 Å². The maximum Gasteiger partial charge on any atom is 0.145 e. The molecule has 2 nitrogen and oxygen atoms in total. The van der Waals surface area contributed by atoms with Gasteiger partial charge in [-0.25, -0.2) is 9.37 Å². The van der Waals surface area contributed by atoms with Crippen LogP contribution < -0.4 is 0 Å². The fourth-order valence-corrected chi connectivity index (χ4v) is 2.41. The topological polar surface area (TPSA) is 17.3 Å². The van der Waals surface area contributed by atoms with Crippen molar-refractivity contribution >= 4 is 27.5 Å². The Morgan fingerprint density at radius 3 is 2.83 bits per heavy atom. The molecule has 86 valence electrons. The third-order valence-electron chi connectivity index (χ3n) is 3.26. The SMILES string of the molecule is Fc1ccc2nc3c4ccccc4ccn3c2c1. The third-order valence-corrected chi connectivity index (χ3v) is 3.26. The number of halogens is 1. The average molecular weight is 236 g/mol. The summed E-state index contributed by atoms with van der Waals surface area (Å²) in [5.41, 5.74) is 2.48. The molecule has 0 bridgehead atoms. The van der Waals surface area contributed by atoms with Crippen molar-refractivity contribution in [3.8, 4) is 0 Å². The lowest BCUT2D eigenvalue weighted by Crippen LogP contribution is -1.85. The number of benzene rings is 2. The van der Waals surface area contributed by atoms with Gasteiger partial charge in [-0.05, 0) is 23.6 Å². The molecule has 0 amide bonds. The maximum atomic E-state index is 13.3. The van der Waals surface area contributed by atoms with E-state index in [0.717, 1.165) is 27.5 Å². The van der Waals surface area contributed by atoms with Crippen LogP contribution in [0.1, 0.15) is 0 Å². The molecule has 0 aliphatic heterocycles. The number of nitrogens with zero attached hydrogens (tertiary/aromatic N) is 2. The van der Waals surface area contributed by atoms with E-state index < -0.39 is 0 Å². The molecule has 0 aliphatic rings. The molecule has 18 heavy (non-hydrogen) atoms. The molecular formula is C15H9FN2. The lowest BCUT2D eigenvalue weighted by molar-refractivity contribution is 0.629. The monoisotopic (exact) mass is 236 g/mol. The Morgan fingerprint density at radius 2 is 1.89 bits per heavy atom. The lowest BCUT2D eigenvalue weighted by atomic mass is 10.2. The normalized spacial score (nSPS) is 11.6. The number of pyridine rings is 1. The summed E-state index contributed by atoms with van der Waals surface area (Å²) < 4.78 is 15.2. The van der Waals surface area contributed by atoms with Crippen LogP contribution in [-0.4, -0.2) is 9.38 Å². The smallest absolute Gasteiger partial charge is 0.145 e. The minimum atomic E-state index is -0.238. The van der Waals surface area contributed by atoms with Crippen molar-refractivity contribution in [3.63, 3.8) is 0 Å². The van der Waals surface area contributed by atoms with E-state index in [0.29, 0.717) is 0 Å². The van der Waals surface area contributed by atoms with Crippen LogP contribution in [-0.2, 0) is 0 Å². The van der Waals surface area contributed by atoms with Gasteiger partial charge < -0.3 is 0 Å². The van der Waals surface area contributed by atoms with E-state index in [2.05, 4.69) is 11.1 Å². The van der Waals surface area contributed by atoms with Gasteiger partial charge in [0.15, 0.2) is 0 Å². The summed E-state index contributed by atoms with van der Waals surface area (Å²) in [6.07, 6.45) is 1.94. The van der Waals surface area contributed by atoms with Gasteiger partial charge in [0.05, 0.1) is 11.0 Å². The summed E-state index contributed by atoms with van der Waals surface area (Å²) in [4.78, 5) is 4.58. The first kappa shape index (κ1) is 9.59. The van der Waals surface area contributed by atoms with Gasteiger partial charge in [0, 0.05) is 17.6 Å². The van der Waals surface area contributed by atoms with Crippen LogP contribution in [0.3, 0.4) is 0 Å². The van der Waals surface area contributed by atoms with Gasteiger partial charge in [0.1, 0.15) is 11.5 Å². The van der Waals surface area contributed by atoms with E-state index in [4.69, 9.17) is 0 Å². The molecule has 0 saturated heterocycles. The highest BCUT2D eigenvalue weighted by Gasteiger charge is 2.07. The number of imidazole rings is 1. The first-order chi connectivity index (χ1) is 8.83. The summed E-state index contributed by atoms with van der Waals surface area (Å²) in [5.74, 6) is -0.238. The summed E-state index contributed by atoms with van der Waals surface area (Å²) in [5, 5.41) is 2.22. The Bertz CT molecular complexity index is 893. The zero-order valence-electron chi connectivity index (χ0n) is 9.47. The Hall–Kier alpha value is -2.42. The van der Waals surface area contributed by atoms with Crippen LogP contribution in [0.4, 0.5) is 4.39 Å². The quantitative estimate of drug-likeness (QED) is 0.454. The predicted octanol–water partition coefficient (Wildman–Crippen LogP) is 3.78. The van der Waals surface area contributed by atoms with Crippen molar-refractivity contribution in [1.82, 2.24) is 9.38 Å². The maximum absolute atomic E-state index is 13.3. The molecule has 0 atom stereocenters. The predicted molar refractivity (Wildman–Crippen MR) is 70.2 cm³/mol. The largest absolute Gasteiger partial charge is 0.299 e. The van der Waals surface area contributed by atoms with E-state index in [1.165, 1.54) is 12.1 Å². The fourth-order valence-electron chi connectivity index (χ4n) is 2.41. The minimum absolute atomic E-state index is 0.238. The summed E-state index contributed by atoms with van der Waals surface area (Å²) >= 11 is 0. The van der Waals surface area contributed by atoms with Gasteiger partial charge in [-0.15, -0.1) is 0 Å². The summed E-state index contributed by atoms with van der Waals surface area (Å²) in [6, 6.07) is 14.8. The zero-order chi connectivity index (χ0) is 12.1. The van der Waals surface area contributed by atoms with Gasteiger partial charge in [0.2, 0.25) is 0 Å². The second-order valence-electron chi connectivity index (χ2n) is 4.34. The Morgan fingerprint density at radius 1 is 1.00 bits per heavy atom. The van der Waals surface area contributed by atoms with Gasteiger partial charge >= 0.3 is 0 Å². The number of fused-ring (bicyclic) bond motifs is 5. The van der Waals surface area contributed by atoms with Gasteiger partial charge in [-0.1, -0.05) is 24.3 Å². The molecule has 2 aromatic carbocycles. The number of rotatable bonds is 0. The molecule has 0 aliphatic carbocycles. The van der Waals surface area contributed by atoms with E-state index in [1.54, 1.807) is 6.07 Å². The molecule has 2 heterocycles. The first-order valence-electron chi connectivity index (χ1n) is 5.78. The molecule has 3 heteroatoms. The molecule has 2 aromatic heterocycles. The van der Waals surface area contributed by atoms with Crippen molar-refractivity contribution in [1.29, 1.82) is 0 Å². The van der Waals surface area contributed by atoms with Crippen molar-refractivity contribution in [2.45, 2.75) is 0 Å². The van der Waals surface area contributed by atoms with Crippen molar-refractivity contribution in [3.05, 3.63) is 60.5 Å². The standard InChI is InChI=1S/C15H9FN2/c16-11-5-6-13-14(9-11)18-8-7-10-3-1-2-4-12(10)15(18)17-13/h1-9H. The molecule has 0 spiro atoms. The average Bonchev–Trinajstić information content (AvgIpc) is 2.77. The summed E-state index contributed by atoms with van der Waals surface area (Å²) in [7, 11) is 0. The molecule has 0 fully saturated rings. The van der Waals surface area contributed by atoms with Gasteiger partial charge in [-0.3, -0.25) is 4.40 Å². The number of hydrogen-bond donors (Lipinski definition) is 0. The second kappa shape index (κ2) is 3.29. The van der Waals surface area contributed by atoms with E-state index in [9.17, 15) is 4.39 Å². The van der Waals surface area contributed by atoms with Crippen LogP contribution in [0.5, 0.6) is 0 Å². The van der Waals surface area contributed by atoms with Crippen LogP contribution in [0.15, 0.2) is 54.7 Å². The molecule has 0 radical (unpaired) electrons. The number of hydrogen-bond acceptors (Lipinski definition) is 1. The Balaban J connectivity index is 2.30. The molecule has 0 unspecified atom stereocenters. The summed E-state index contributed by atoms with van der Waals surface area (Å²) in [6.45, 7) is 0. The van der Waals surface area contributed by atoms with Crippen molar-refractivity contribution in [2.75, 3.05) is 0 Å². The molecule has 0 N–H and O–H groups in total. The molecular weight excluding hydrogens is 227 g/mol. The van der Waals surface area contributed by atoms with Crippen molar-refractivity contribution < 1.29 is 4.39 Å². The Labute approximate surface area is 102 Å². The molecule has 4 rings (SSSR count). The minimum Gasteiger partial charge on any atom is -0.299 e. The fraction of sp³-hybridized carbons (Fsp3) is 0. The third kappa shape index (κ3) is 1.19. The van der Waals surface area contributed by atoms with Crippen LogP contribution in [0, 0.1) is 5.82 Å². The lowest BCUT2D eigenvalue weighted by Gasteiger charge is -2.00. The van der Waals surface area contributed by atoms with Crippen LogP contribution in [0.25, 0.3) is 27.5 Å². The molecule has 4 aromatic rings. The van der Waals surface area contributed by atoms with E-state index in [1.807, 2.05) is 34.9 Å². The highest BCUT2D eigenvalue weighted by molar-refractivity contribution is 5.97. The van der Waals surface area contributed by atoms with E-state index in [-0.39, 0.29) is 5.82 Å². The van der Waals surface area contributed by atoms with Gasteiger partial charge in [0.25, 0.3) is 0 Å². The number of aromatic nitrogens is 2. The second-order valence-corrected chi connectivity index (χ2v) is 4.34. The zero-order valence-corrected chi connectivity index (χ0v) is 9.47. The van der Waals surface area contributed by atoms with Crippen LogP contribution >= 0.6 is 0 Å². The van der Waals surface area contributed by atoms with E-state index >= 15 is 0 Å². The molecule has 0 saturated carbocycles. The van der Waals surface area contributed by atoms with Crippen molar-refractivity contribution in [2.24, 2.45) is 0 Å². The first-order valence-corrected chi connectivity index (χ1v) is 5.78. The highest BCUT2D eigenvalue weighted by atomic mass is 19.1. The van der Waals surface area contributed by atoms with Crippen LogP contribution in [0.2, 0.25) is 0 Å². The highest BCUT2D eigenvalue weighted by Crippen LogP contribution is 2.24. The Kier molecular flexibility index (Phi) is 1.75.